The molecular weight excluding hydrogens is 318 g/mol. The second-order valence-electron chi connectivity index (χ2n) is 5.13. The summed E-state index contributed by atoms with van der Waals surface area (Å²) in [5.41, 5.74) is 2.10. The van der Waals surface area contributed by atoms with E-state index in [0.29, 0.717) is 6.04 Å². The van der Waals surface area contributed by atoms with Gasteiger partial charge in [0, 0.05) is 28.8 Å². The molecule has 20 heavy (non-hydrogen) atoms. The highest BCUT2D eigenvalue weighted by atomic mass is 79.9. The third kappa shape index (κ3) is 3.63. The SMILES string of the molecule is CCC1CCCCN1c1cc(Br)ccc1/C=C/C(=O)O. The van der Waals surface area contributed by atoms with Gasteiger partial charge in [-0.15, -0.1) is 0 Å². The van der Waals surface area contributed by atoms with Gasteiger partial charge in [0.2, 0.25) is 0 Å². The first-order chi connectivity index (χ1) is 9.61. The number of rotatable bonds is 4. The zero-order valence-corrected chi connectivity index (χ0v) is 13.3. The summed E-state index contributed by atoms with van der Waals surface area (Å²) in [6.07, 6.45) is 7.71. The van der Waals surface area contributed by atoms with Gasteiger partial charge in [-0.05, 0) is 49.5 Å². The van der Waals surface area contributed by atoms with Gasteiger partial charge in [-0.1, -0.05) is 28.9 Å². The van der Waals surface area contributed by atoms with Crippen molar-refractivity contribution in [1.29, 1.82) is 0 Å². The van der Waals surface area contributed by atoms with Gasteiger partial charge in [-0.3, -0.25) is 0 Å². The van der Waals surface area contributed by atoms with Crippen LogP contribution in [0.4, 0.5) is 5.69 Å². The van der Waals surface area contributed by atoms with Crippen molar-refractivity contribution in [2.75, 3.05) is 11.4 Å². The molecule has 108 valence electrons. The number of nitrogens with zero attached hydrogens (tertiary/aromatic N) is 1. The minimum atomic E-state index is -0.912. The first-order valence-corrected chi connectivity index (χ1v) is 7.88. The van der Waals surface area contributed by atoms with Gasteiger partial charge in [0.25, 0.3) is 0 Å². The Kier molecular flexibility index (Phi) is 5.24. The summed E-state index contributed by atoms with van der Waals surface area (Å²) in [6, 6.07) is 6.57. The van der Waals surface area contributed by atoms with Crippen LogP contribution in [0.25, 0.3) is 6.08 Å². The van der Waals surface area contributed by atoms with Gasteiger partial charge in [-0.25, -0.2) is 4.79 Å². The van der Waals surface area contributed by atoms with E-state index in [0.717, 1.165) is 28.7 Å². The summed E-state index contributed by atoms with van der Waals surface area (Å²) < 4.78 is 1.03. The molecule has 1 fully saturated rings. The predicted molar refractivity (Wildman–Crippen MR) is 86.1 cm³/mol. The van der Waals surface area contributed by atoms with Crippen LogP contribution in [0.1, 0.15) is 38.2 Å². The van der Waals surface area contributed by atoms with Gasteiger partial charge >= 0.3 is 5.97 Å². The van der Waals surface area contributed by atoms with Crippen molar-refractivity contribution in [1.82, 2.24) is 0 Å². The van der Waals surface area contributed by atoms with E-state index in [1.165, 1.54) is 25.3 Å². The molecule has 0 amide bonds. The normalized spacial score (nSPS) is 19.5. The summed E-state index contributed by atoms with van der Waals surface area (Å²) in [5.74, 6) is -0.912. The molecule has 0 aliphatic carbocycles. The van der Waals surface area contributed by atoms with Crippen molar-refractivity contribution < 1.29 is 9.90 Å². The molecule has 4 heteroatoms. The summed E-state index contributed by atoms with van der Waals surface area (Å²) in [7, 11) is 0. The van der Waals surface area contributed by atoms with Crippen LogP contribution in [0.15, 0.2) is 28.7 Å². The molecule has 1 N–H and O–H groups in total. The van der Waals surface area contributed by atoms with Crippen molar-refractivity contribution in [2.45, 2.75) is 38.6 Å². The van der Waals surface area contributed by atoms with Crippen LogP contribution in [-0.2, 0) is 4.79 Å². The largest absolute Gasteiger partial charge is 0.478 e. The Morgan fingerprint density at radius 2 is 2.30 bits per heavy atom. The number of carbonyl (C=O) groups is 1. The summed E-state index contributed by atoms with van der Waals surface area (Å²) in [6.45, 7) is 3.26. The van der Waals surface area contributed by atoms with Crippen molar-refractivity contribution in [3.05, 3.63) is 34.3 Å². The molecule has 1 aromatic rings. The fourth-order valence-electron chi connectivity index (χ4n) is 2.81. The summed E-state index contributed by atoms with van der Waals surface area (Å²) in [4.78, 5) is 13.2. The van der Waals surface area contributed by atoms with Gasteiger partial charge in [0.15, 0.2) is 0 Å². The predicted octanol–water partition coefficient (Wildman–Crippen LogP) is 4.32. The van der Waals surface area contributed by atoms with Crippen LogP contribution in [0.3, 0.4) is 0 Å². The van der Waals surface area contributed by atoms with Crippen molar-refractivity contribution in [2.24, 2.45) is 0 Å². The van der Waals surface area contributed by atoms with Gasteiger partial charge < -0.3 is 10.0 Å². The monoisotopic (exact) mass is 337 g/mol. The molecule has 0 radical (unpaired) electrons. The maximum Gasteiger partial charge on any atom is 0.328 e. The van der Waals surface area contributed by atoms with Gasteiger partial charge in [0.1, 0.15) is 0 Å². The maximum atomic E-state index is 10.7. The van der Waals surface area contributed by atoms with E-state index in [4.69, 9.17) is 5.11 Å². The number of halogens is 1. The first-order valence-electron chi connectivity index (χ1n) is 7.09. The van der Waals surface area contributed by atoms with Crippen LogP contribution in [0, 0.1) is 0 Å². The third-order valence-electron chi connectivity index (χ3n) is 3.81. The molecule has 3 nitrogen and oxygen atoms in total. The van der Waals surface area contributed by atoms with Gasteiger partial charge in [0.05, 0.1) is 0 Å². The number of anilines is 1. The lowest BCUT2D eigenvalue weighted by atomic mass is 9.98. The van der Waals surface area contributed by atoms with Crippen molar-refractivity contribution in [3.63, 3.8) is 0 Å². The topological polar surface area (TPSA) is 40.5 Å². The van der Waals surface area contributed by atoms with E-state index in [-0.39, 0.29) is 0 Å². The molecular formula is C16H20BrNO2. The Labute approximate surface area is 128 Å². The first kappa shape index (κ1) is 15.1. The van der Waals surface area contributed by atoms with E-state index < -0.39 is 5.97 Å². The summed E-state index contributed by atoms with van der Waals surface area (Å²) >= 11 is 3.52. The van der Waals surface area contributed by atoms with E-state index in [1.54, 1.807) is 6.08 Å². The highest BCUT2D eigenvalue weighted by Crippen LogP contribution is 2.32. The third-order valence-corrected chi connectivity index (χ3v) is 4.30. The van der Waals surface area contributed by atoms with E-state index in [2.05, 4.69) is 33.8 Å². The Morgan fingerprint density at radius 1 is 1.50 bits per heavy atom. The number of hydrogen-bond acceptors (Lipinski definition) is 2. The number of piperidine rings is 1. The van der Waals surface area contributed by atoms with Crippen LogP contribution >= 0.6 is 15.9 Å². The molecule has 0 aromatic heterocycles. The zero-order chi connectivity index (χ0) is 14.5. The van der Waals surface area contributed by atoms with E-state index in [1.807, 2.05) is 12.1 Å². The Bertz CT molecular complexity index is 513. The number of hydrogen-bond donors (Lipinski definition) is 1. The smallest absolute Gasteiger partial charge is 0.328 e. The zero-order valence-electron chi connectivity index (χ0n) is 11.7. The fraction of sp³-hybridized carbons (Fsp3) is 0.438. The minimum Gasteiger partial charge on any atom is -0.478 e. The van der Waals surface area contributed by atoms with Crippen LogP contribution in [0.2, 0.25) is 0 Å². The molecule has 0 bridgehead atoms. The molecule has 1 unspecified atom stereocenters. The Hall–Kier alpha value is -1.29. The second-order valence-corrected chi connectivity index (χ2v) is 6.04. The lowest BCUT2D eigenvalue weighted by Gasteiger charge is -2.38. The molecule has 1 saturated heterocycles. The molecule has 0 spiro atoms. The quantitative estimate of drug-likeness (QED) is 0.832. The highest BCUT2D eigenvalue weighted by molar-refractivity contribution is 9.10. The average molecular weight is 338 g/mol. The van der Waals surface area contributed by atoms with Crippen molar-refractivity contribution in [3.8, 4) is 0 Å². The maximum absolute atomic E-state index is 10.7. The van der Waals surface area contributed by atoms with Crippen molar-refractivity contribution >= 4 is 33.7 Å². The summed E-state index contributed by atoms with van der Waals surface area (Å²) in [5, 5.41) is 8.82. The lowest BCUT2D eigenvalue weighted by Crippen LogP contribution is -2.39. The van der Waals surface area contributed by atoms with Crippen LogP contribution in [0.5, 0.6) is 0 Å². The van der Waals surface area contributed by atoms with E-state index in [9.17, 15) is 4.79 Å². The Balaban J connectivity index is 2.37. The lowest BCUT2D eigenvalue weighted by molar-refractivity contribution is -0.131. The molecule has 1 aliphatic heterocycles. The van der Waals surface area contributed by atoms with E-state index >= 15 is 0 Å². The Morgan fingerprint density at radius 3 is 3.00 bits per heavy atom. The number of aliphatic carboxylic acids is 1. The van der Waals surface area contributed by atoms with Gasteiger partial charge in [-0.2, -0.15) is 0 Å². The highest BCUT2D eigenvalue weighted by Gasteiger charge is 2.22. The minimum absolute atomic E-state index is 0.551. The average Bonchev–Trinajstić information content (AvgIpc) is 2.45. The fourth-order valence-corrected chi connectivity index (χ4v) is 3.16. The molecule has 1 aliphatic rings. The number of carboxylic acids is 1. The second kappa shape index (κ2) is 6.93. The molecule has 1 atom stereocenters. The molecule has 1 heterocycles. The molecule has 1 aromatic carbocycles. The number of carboxylic acid groups (broad SMARTS) is 1. The van der Waals surface area contributed by atoms with Crippen LogP contribution < -0.4 is 4.90 Å². The van der Waals surface area contributed by atoms with Crippen LogP contribution in [-0.4, -0.2) is 23.7 Å². The number of benzene rings is 1. The standard InChI is InChI=1S/C16H20BrNO2/c1-2-14-5-3-4-10-18(14)15-11-13(17)8-6-12(15)7-9-16(19)20/h6-9,11,14H,2-5,10H2,1H3,(H,19,20)/b9-7+. The molecule has 2 rings (SSSR count). The molecule has 0 saturated carbocycles.